The zero-order chi connectivity index (χ0) is 12.8. The second-order valence-corrected chi connectivity index (χ2v) is 6.93. The van der Waals surface area contributed by atoms with E-state index in [1.165, 1.54) is 0 Å². The molecule has 0 fully saturated rings. The van der Waals surface area contributed by atoms with Crippen molar-refractivity contribution in [1.29, 1.82) is 0 Å². The van der Waals surface area contributed by atoms with E-state index in [9.17, 15) is 9.46 Å². The third-order valence-electron chi connectivity index (χ3n) is 1.65. The summed E-state index contributed by atoms with van der Waals surface area (Å²) in [6.45, 7) is 0.687. The van der Waals surface area contributed by atoms with Crippen LogP contribution in [0.25, 0.3) is 0 Å². The van der Waals surface area contributed by atoms with Crippen LogP contribution in [0.15, 0.2) is 0 Å². The van der Waals surface area contributed by atoms with Crippen LogP contribution in [0.5, 0.6) is 0 Å². The molecule has 0 aromatic rings. The molecule has 98 valence electrons. The molecule has 0 aromatic heterocycles. The molecule has 0 rings (SSSR count). The van der Waals surface area contributed by atoms with Crippen LogP contribution in [0.2, 0.25) is 0 Å². The summed E-state index contributed by atoms with van der Waals surface area (Å²) in [5, 5.41) is -0.215. The summed E-state index contributed by atoms with van der Waals surface area (Å²) in [6, 6.07) is 0. The number of hydrogen-bond acceptors (Lipinski definition) is 6. The number of hydrogen-bond donors (Lipinski definition) is 2. The maximum Gasteiger partial charge on any atom is 0.268 e. The van der Waals surface area contributed by atoms with Crippen molar-refractivity contribution in [1.82, 2.24) is 0 Å². The molecule has 0 saturated carbocycles. The van der Waals surface area contributed by atoms with Gasteiger partial charge < -0.3 is 18.4 Å². The highest BCUT2D eigenvalue weighted by molar-refractivity contribution is 7.84. The first-order valence-electron chi connectivity index (χ1n) is 4.86. The smallest absolute Gasteiger partial charge is 0.268 e. The standard InChI is InChI=1S/C8H20NO4PS2/c1-9(2,3)4-5-12-14(10,11)13-6-8(16)7-15/h8H,4-7H2,1-3H3,(H2-,10,11,15,16)/t8-/m0/s1. The number of thiol groups is 2. The van der Waals surface area contributed by atoms with E-state index in [1.54, 1.807) is 0 Å². The van der Waals surface area contributed by atoms with Crippen molar-refractivity contribution in [3.63, 3.8) is 0 Å². The van der Waals surface area contributed by atoms with Gasteiger partial charge in [-0.1, -0.05) is 0 Å². The molecular weight excluding hydrogens is 269 g/mol. The number of rotatable bonds is 8. The van der Waals surface area contributed by atoms with Crippen LogP contribution in [0.1, 0.15) is 0 Å². The average molecular weight is 289 g/mol. The lowest BCUT2D eigenvalue weighted by Crippen LogP contribution is -2.37. The summed E-state index contributed by atoms with van der Waals surface area (Å²) < 4.78 is 21.2. The van der Waals surface area contributed by atoms with Crippen LogP contribution < -0.4 is 4.89 Å². The molecule has 0 aliphatic carbocycles. The van der Waals surface area contributed by atoms with E-state index >= 15 is 0 Å². The molecular formula is C8H20NO4PS2. The number of nitrogens with zero attached hydrogens (tertiary/aromatic N) is 1. The Labute approximate surface area is 108 Å². The summed E-state index contributed by atoms with van der Waals surface area (Å²) in [5.41, 5.74) is 0. The highest BCUT2D eigenvalue weighted by Crippen LogP contribution is 2.38. The lowest BCUT2D eigenvalue weighted by Gasteiger charge is -2.27. The van der Waals surface area contributed by atoms with E-state index in [1.807, 2.05) is 21.1 Å². The molecule has 0 radical (unpaired) electrons. The van der Waals surface area contributed by atoms with Crippen LogP contribution in [0.3, 0.4) is 0 Å². The molecule has 0 aliphatic heterocycles. The summed E-state index contributed by atoms with van der Waals surface area (Å²) in [6.07, 6.45) is 0. The molecule has 2 atom stereocenters. The van der Waals surface area contributed by atoms with Gasteiger partial charge in [0.25, 0.3) is 7.82 Å². The first-order valence-corrected chi connectivity index (χ1v) is 7.47. The SMILES string of the molecule is C[N+](C)(C)CCOP(=O)([O-])OC[C@H](S)CS. The molecule has 0 saturated heterocycles. The molecule has 0 amide bonds. The van der Waals surface area contributed by atoms with Crippen LogP contribution in [0, 0.1) is 0 Å². The summed E-state index contributed by atoms with van der Waals surface area (Å²) in [7, 11) is 1.66. The van der Waals surface area contributed by atoms with Crippen LogP contribution >= 0.6 is 33.1 Å². The van der Waals surface area contributed by atoms with Gasteiger partial charge in [0.1, 0.15) is 13.2 Å². The molecule has 0 N–H and O–H groups in total. The van der Waals surface area contributed by atoms with E-state index in [4.69, 9.17) is 4.52 Å². The maximum atomic E-state index is 11.3. The monoisotopic (exact) mass is 289 g/mol. The van der Waals surface area contributed by atoms with Gasteiger partial charge in [0, 0.05) is 11.0 Å². The van der Waals surface area contributed by atoms with Gasteiger partial charge in [-0.3, -0.25) is 4.57 Å². The van der Waals surface area contributed by atoms with Gasteiger partial charge in [0.2, 0.25) is 0 Å². The van der Waals surface area contributed by atoms with Crippen molar-refractivity contribution >= 4 is 33.1 Å². The molecule has 0 heterocycles. The largest absolute Gasteiger partial charge is 0.756 e. The van der Waals surface area contributed by atoms with Crippen molar-refractivity contribution in [2.75, 3.05) is 46.7 Å². The van der Waals surface area contributed by atoms with E-state index in [-0.39, 0.29) is 18.5 Å². The third kappa shape index (κ3) is 9.96. The second-order valence-electron chi connectivity index (χ2n) is 4.43. The van der Waals surface area contributed by atoms with Gasteiger partial charge in [0.05, 0.1) is 27.7 Å². The van der Waals surface area contributed by atoms with Gasteiger partial charge in [0.15, 0.2) is 0 Å². The Kier molecular flexibility index (Phi) is 7.61. The summed E-state index contributed by atoms with van der Waals surface area (Å²) >= 11 is 8.02. The third-order valence-corrected chi connectivity index (χ3v) is 3.67. The highest BCUT2D eigenvalue weighted by Gasteiger charge is 2.14. The van der Waals surface area contributed by atoms with Crippen LogP contribution in [-0.4, -0.2) is 56.4 Å². The van der Waals surface area contributed by atoms with E-state index in [2.05, 4.69) is 29.8 Å². The molecule has 5 nitrogen and oxygen atoms in total. The van der Waals surface area contributed by atoms with Crippen molar-refractivity contribution in [2.24, 2.45) is 0 Å². The first kappa shape index (κ1) is 16.8. The van der Waals surface area contributed by atoms with Gasteiger partial charge in [-0.15, -0.1) is 0 Å². The highest BCUT2D eigenvalue weighted by atomic mass is 32.1. The maximum absolute atomic E-state index is 11.3. The van der Waals surface area contributed by atoms with E-state index in [0.29, 0.717) is 16.8 Å². The average Bonchev–Trinajstić information content (AvgIpc) is 2.12. The molecule has 16 heavy (non-hydrogen) atoms. The quantitative estimate of drug-likeness (QED) is 0.386. The minimum absolute atomic E-state index is 0.0161. The predicted octanol–water partition coefficient (Wildman–Crippen LogP) is 0.422. The molecule has 0 spiro atoms. The Balaban J connectivity index is 3.83. The topological polar surface area (TPSA) is 58.6 Å². The number of phosphoric acid groups is 1. The number of quaternary nitrogens is 1. The Morgan fingerprint density at radius 2 is 1.94 bits per heavy atom. The Hall–Kier alpha value is 0.770. The molecule has 0 bridgehead atoms. The second kappa shape index (κ2) is 7.26. The molecule has 0 aromatic carbocycles. The van der Waals surface area contributed by atoms with Crippen molar-refractivity contribution in [3.8, 4) is 0 Å². The number of phosphoric ester groups is 1. The van der Waals surface area contributed by atoms with Gasteiger partial charge in [-0.05, 0) is 0 Å². The van der Waals surface area contributed by atoms with Crippen molar-refractivity contribution < 1.29 is 23.0 Å². The Morgan fingerprint density at radius 3 is 2.38 bits per heavy atom. The summed E-state index contributed by atoms with van der Waals surface area (Å²) in [5.74, 6) is 0.446. The predicted molar refractivity (Wildman–Crippen MR) is 69.0 cm³/mol. The van der Waals surface area contributed by atoms with Gasteiger partial charge in [-0.2, -0.15) is 25.3 Å². The van der Waals surface area contributed by atoms with Crippen molar-refractivity contribution in [3.05, 3.63) is 0 Å². The van der Waals surface area contributed by atoms with Crippen LogP contribution in [0.4, 0.5) is 0 Å². The van der Waals surface area contributed by atoms with E-state index in [0.717, 1.165) is 0 Å². The number of likely N-dealkylation sites (N-methyl/N-ethyl adjacent to an activating group) is 1. The van der Waals surface area contributed by atoms with E-state index < -0.39 is 7.82 Å². The van der Waals surface area contributed by atoms with Gasteiger partial charge in [-0.25, -0.2) is 0 Å². The lowest BCUT2D eigenvalue weighted by atomic mass is 10.5. The Bertz CT molecular complexity index is 247. The minimum Gasteiger partial charge on any atom is -0.756 e. The molecule has 0 aliphatic rings. The zero-order valence-corrected chi connectivity index (χ0v) is 12.5. The van der Waals surface area contributed by atoms with Gasteiger partial charge >= 0.3 is 0 Å². The summed E-state index contributed by atoms with van der Waals surface area (Å²) in [4.78, 5) is 11.3. The van der Waals surface area contributed by atoms with Crippen LogP contribution in [-0.2, 0) is 13.6 Å². The fourth-order valence-corrected chi connectivity index (χ4v) is 1.73. The molecule has 8 heteroatoms. The zero-order valence-electron chi connectivity index (χ0n) is 9.83. The minimum atomic E-state index is -4.19. The normalized spacial score (nSPS) is 18.1. The fraction of sp³-hybridized carbons (Fsp3) is 1.00. The lowest BCUT2D eigenvalue weighted by molar-refractivity contribution is -0.870. The molecule has 1 unspecified atom stereocenters. The Morgan fingerprint density at radius 1 is 1.38 bits per heavy atom. The fourth-order valence-electron chi connectivity index (χ4n) is 0.694. The van der Waals surface area contributed by atoms with Crippen molar-refractivity contribution in [2.45, 2.75) is 5.25 Å². The first-order chi connectivity index (χ1) is 7.16.